The molecule has 0 saturated carbocycles. The highest BCUT2D eigenvalue weighted by atomic mass is 35.5. The number of amides is 1. The van der Waals surface area contributed by atoms with Crippen LogP contribution in [-0.2, 0) is 29.9 Å². The first-order chi connectivity index (χ1) is 27.5. The fourth-order valence-electron chi connectivity index (χ4n) is 7.04. The predicted octanol–water partition coefficient (Wildman–Crippen LogP) is 7.61. The highest BCUT2D eigenvalue weighted by Gasteiger charge is 2.48. The second kappa shape index (κ2) is 16.2. The lowest BCUT2D eigenvalue weighted by Gasteiger charge is -2.37. The van der Waals surface area contributed by atoms with E-state index in [0.717, 1.165) is 28.9 Å². The molecular weight excluding hydrogens is 858 g/mol. The van der Waals surface area contributed by atoms with Gasteiger partial charge in [0, 0.05) is 65.6 Å². The predicted molar refractivity (Wildman–Crippen MR) is 219 cm³/mol. The van der Waals surface area contributed by atoms with E-state index in [-0.39, 0.29) is 23.4 Å². The molecule has 1 fully saturated rings. The zero-order valence-electron chi connectivity index (χ0n) is 31.9. The molecule has 12 nitrogen and oxygen atoms in total. The number of nitrogens with zero attached hydrogens (tertiary/aromatic N) is 3. The minimum Gasteiger partial charge on any atom is -0.368 e. The van der Waals surface area contributed by atoms with E-state index >= 15 is 0 Å². The molecule has 1 aliphatic heterocycles. The van der Waals surface area contributed by atoms with Crippen LogP contribution < -0.4 is 19.2 Å². The van der Waals surface area contributed by atoms with Gasteiger partial charge in [-0.15, -0.1) is 0 Å². The van der Waals surface area contributed by atoms with E-state index in [1.807, 2.05) is 54.8 Å². The fourth-order valence-corrected chi connectivity index (χ4v) is 9.62. The van der Waals surface area contributed by atoms with Crippen LogP contribution in [0.2, 0.25) is 5.02 Å². The zero-order chi connectivity index (χ0) is 43.2. The van der Waals surface area contributed by atoms with Crippen molar-refractivity contribution < 1.29 is 47.6 Å². The maximum atomic E-state index is 14.1. The van der Waals surface area contributed by atoms with Crippen LogP contribution in [0.1, 0.15) is 35.9 Å². The van der Waals surface area contributed by atoms with E-state index < -0.39 is 56.9 Å². The number of sulfone groups is 1. The van der Waals surface area contributed by atoms with Gasteiger partial charge in [-0.2, -0.15) is 13.2 Å². The van der Waals surface area contributed by atoms with E-state index in [1.165, 1.54) is 12.1 Å². The Kier molecular flexibility index (Phi) is 11.9. The molecule has 0 aliphatic carbocycles. The van der Waals surface area contributed by atoms with Gasteiger partial charge >= 0.3 is 5.51 Å². The second-order valence-corrected chi connectivity index (χ2v) is 19.9. The molecule has 20 heteroatoms. The molecule has 1 amide bonds. The van der Waals surface area contributed by atoms with Crippen LogP contribution in [-0.4, -0.2) is 73.7 Å². The van der Waals surface area contributed by atoms with E-state index in [1.54, 1.807) is 31.2 Å². The number of alkyl halides is 3. The van der Waals surface area contributed by atoms with Gasteiger partial charge < -0.3 is 14.4 Å². The number of rotatable bonds is 11. The van der Waals surface area contributed by atoms with Gasteiger partial charge in [-0.3, -0.25) is 9.52 Å². The smallest absolute Gasteiger partial charge is 0.368 e. The molecule has 0 bridgehead atoms. The van der Waals surface area contributed by atoms with Gasteiger partial charge in [0.1, 0.15) is 10.7 Å². The lowest BCUT2D eigenvalue weighted by Crippen LogP contribution is -2.46. The van der Waals surface area contributed by atoms with E-state index in [2.05, 4.69) is 19.2 Å². The number of carbonyl (C=O) groups is 1. The number of aromatic nitrogens is 1. The molecule has 2 N–H and O–H groups in total. The van der Waals surface area contributed by atoms with Gasteiger partial charge in [-0.1, -0.05) is 35.9 Å². The summed E-state index contributed by atoms with van der Waals surface area (Å²) in [5.41, 5.74) is -0.682. The molecule has 4 aromatic carbocycles. The molecule has 0 radical (unpaired) electrons. The lowest BCUT2D eigenvalue weighted by molar-refractivity contribution is -0.0438. The summed E-state index contributed by atoms with van der Waals surface area (Å²) in [7, 11) is -14.7. The van der Waals surface area contributed by atoms with Crippen molar-refractivity contribution in [2.24, 2.45) is 0 Å². The lowest BCUT2D eigenvalue weighted by atomic mass is 9.96. The molecule has 1 aromatic heterocycles. The first-order valence-electron chi connectivity index (χ1n) is 17.9. The normalized spacial score (nSPS) is 14.1. The van der Waals surface area contributed by atoms with Crippen LogP contribution in [0.4, 0.5) is 34.6 Å². The van der Waals surface area contributed by atoms with Crippen molar-refractivity contribution in [2.75, 3.05) is 47.0 Å². The number of hydrogen-bond acceptors (Lipinski definition) is 9. The average Bonchev–Trinajstić information content (AvgIpc) is 3.47. The summed E-state index contributed by atoms with van der Waals surface area (Å²) in [6.07, 6.45) is 0.922. The van der Waals surface area contributed by atoms with Gasteiger partial charge in [-0.05, 0) is 98.6 Å². The minimum absolute atomic E-state index is 0.0258. The monoisotopic (exact) mass is 895 g/mol. The standard InChI is InChI=1S/C39H38ClF4N5O7S3/c1-24(2)49-25(3)35(38(50)46-57(4,51)52)36(37(49)26-8-10-28(40)11-9-26)27-6-5-7-31(22-27)48-20-18-47(19-21-48)30-14-12-29(13-15-30)45-59(55,56)32-16-17-33(41)34(23-32)58(53,54)39(42,43)44/h5-17,22-24,45H,18-21H2,1-4H3,(H,46,50). The van der Waals surface area contributed by atoms with Crippen molar-refractivity contribution >= 4 is 64.5 Å². The van der Waals surface area contributed by atoms with Crippen LogP contribution >= 0.6 is 11.6 Å². The SMILES string of the molecule is Cc1c(C(=O)NS(C)(=O)=O)c(-c2cccc(N3CCN(c4ccc(NS(=O)(=O)c5ccc(F)c(S(=O)(=O)C(F)(F)F)c5)cc4)CC3)c2)c(-c2ccc(Cl)cc2)n1C(C)C. The summed E-state index contributed by atoms with van der Waals surface area (Å²) >= 11 is 6.23. The number of sulfonamides is 2. The van der Waals surface area contributed by atoms with Crippen molar-refractivity contribution in [3.05, 3.63) is 113 Å². The summed E-state index contributed by atoms with van der Waals surface area (Å²) in [5.74, 6) is -2.50. The maximum absolute atomic E-state index is 14.1. The van der Waals surface area contributed by atoms with E-state index in [0.29, 0.717) is 60.2 Å². The zero-order valence-corrected chi connectivity index (χ0v) is 35.1. The number of piperazine rings is 1. The van der Waals surface area contributed by atoms with Crippen molar-refractivity contribution in [3.63, 3.8) is 0 Å². The Balaban J connectivity index is 1.23. The van der Waals surface area contributed by atoms with Crippen LogP contribution in [0.5, 0.6) is 0 Å². The molecular formula is C39H38ClF4N5O7S3. The van der Waals surface area contributed by atoms with Crippen molar-refractivity contribution in [1.82, 2.24) is 9.29 Å². The van der Waals surface area contributed by atoms with Crippen LogP contribution in [0, 0.1) is 12.7 Å². The molecule has 0 unspecified atom stereocenters. The van der Waals surface area contributed by atoms with Crippen molar-refractivity contribution in [2.45, 2.75) is 42.1 Å². The van der Waals surface area contributed by atoms with Gasteiger partial charge in [0.15, 0.2) is 0 Å². The summed E-state index contributed by atoms with van der Waals surface area (Å²) in [6.45, 7) is 7.93. The molecule has 314 valence electrons. The molecule has 1 aliphatic rings. The van der Waals surface area contributed by atoms with Gasteiger partial charge in [0.05, 0.1) is 22.4 Å². The molecule has 0 atom stereocenters. The van der Waals surface area contributed by atoms with Crippen molar-refractivity contribution in [3.8, 4) is 22.4 Å². The Hall–Kier alpha value is -5.11. The number of nitrogens with one attached hydrogen (secondary N) is 2. The number of hydrogen-bond donors (Lipinski definition) is 2. The summed E-state index contributed by atoms with van der Waals surface area (Å²) in [5, 5.41) is 0.526. The molecule has 59 heavy (non-hydrogen) atoms. The Bertz CT molecular complexity index is 2750. The number of halogens is 5. The highest BCUT2D eigenvalue weighted by Crippen LogP contribution is 2.43. The third-order valence-corrected chi connectivity index (χ3v) is 13.4. The first-order valence-corrected chi connectivity index (χ1v) is 23.1. The Morgan fingerprint density at radius 3 is 1.93 bits per heavy atom. The second-order valence-electron chi connectivity index (χ2n) is 14.1. The molecule has 2 heterocycles. The van der Waals surface area contributed by atoms with Gasteiger partial charge in [0.2, 0.25) is 10.0 Å². The molecule has 0 spiro atoms. The van der Waals surface area contributed by atoms with E-state index in [9.17, 15) is 47.6 Å². The Morgan fingerprint density at radius 2 is 1.37 bits per heavy atom. The summed E-state index contributed by atoms with van der Waals surface area (Å²) in [4.78, 5) is 15.2. The fraction of sp³-hybridized carbons (Fsp3) is 0.256. The maximum Gasteiger partial charge on any atom is 0.502 e. The summed E-state index contributed by atoms with van der Waals surface area (Å²) in [6, 6.07) is 22.0. The summed E-state index contributed by atoms with van der Waals surface area (Å²) < 4.78 is 134. The van der Waals surface area contributed by atoms with Gasteiger partial charge in [0.25, 0.3) is 25.8 Å². The van der Waals surface area contributed by atoms with Crippen molar-refractivity contribution in [1.29, 1.82) is 0 Å². The third kappa shape index (κ3) is 9.07. The largest absolute Gasteiger partial charge is 0.502 e. The molecule has 1 saturated heterocycles. The topological polar surface area (TPSA) is 155 Å². The number of carbonyl (C=O) groups excluding carboxylic acids is 1. The van der Waals surface area contributed by atoms with E-state index in [4.69, 9.17) is 11.6 Å². The Morgan fingerprint density at radius 1 is 0.780 bits per heavy atom. The third-order valence-electron chi connectivity index (χ3n) is 9.66. The molecule has 5 aromatic rings. The highest BCUT2D eigenvalue weighted by molar-refractivity contribution is 7.93. The quantitative estimate of drug-likeness (QED) is 0.128. The number of benzene rings is 4. The average molecular weight is 896 g/mol. The number of anilines is 3. The minimum atomic E-state index is -6.16. The first kappa shape index (κ1) is 43.5. The van der Waals surface area contributed by atoms with Crippen LogP contribution in [0.25, 0.3) is 22.4 Å². The Labute approximate surface area is 344 Å². The van der Waals surface area contributed by atoms with Gasteiger partial charge in [-0.25, -0.2) is 34.4 Å². The molecule has 6 rings (SSSR count). The van der Waals surface area contributed by atoms with Crippen LogP contribution in [0.3, 0.4) is 0 Å². The van der Waals surface area contributed by atoms with Crippen LogP contribution in [0.15, 0.2) is 101 Å².